The maximum absolute atomic E-state index is 14.7. The highest BCUT2D eigenvalue weighted by molar-refractivity contribution is 6.17. The summed E-state index contributed by atoms with van der Waals surface area (Å²) in [5.74, 6) is -4.83. The van der Waals surface area contributed by atoms with E-state index >= 15 is 0 Å². The number of aromatic nitrogens is 12. The molecule has 16 nitrogen and oxygen atoms in total. The molecule has 0 atom stereocenters. The summed E-state index contributed by atoms with van der Waals surface area (Å²) in [7, 11) is 0. The van der Waals surface area contributed by atoms with Crippen LogP contribution in [0.3, 0.4) is 0 Å². The number of alkyl halides is 1. The number of halogens is 5. The molecule has 1 aromatic carbocycles. The second-order valence-corrected chi connectivity index (χ2v) is 12.1. The summed E-state index contributed by atoms with van der Waals surface area (Å²) in [4.78, 5) is 34.1. The van der Waals surface area contributed by atoms with Crippen LogP contribution in [0.2, 0.25) is 0 Å². The van der Waals surface area contributed by atoms with Gasteiger partial charge in [-0.15, -0.1) is 11.6 Å². The van der Waals surface area contributed by atoms with Crippen molar-refractivity contribution in [2.75, 3.05) is 0 Å². The Morgan fingerprint density at radius 2 is 1.11 bits per heavy atom. The molecule has 0 aliphatic carbocycles. The van der Waals surface area contributed by atoms with Gasteiger partial charge in [-0.25, -0.2) is 47.5 Å². The summed E-state index contributed by atoms with van der Waals surface area (Å²) in [5.41, 5.74) is -1.51. The predicted octanol–water partition coefficient (Wildman–Crippen LogP) is 7.65. The Hall–Kier alpha value is -6.67. The summed E-state index contributed by atoms with van der Waals surface area (Å²) in [6.07, 6.45) is 9.32. The lowest BCUT2D eigenvalue weighted by atomic mass is 10.1. The van der Waals surface area contributed by atoms with E-state index in [0.29, 0.717) is 38.1 Å². The van der Waals surface area contributed by atoms with Crippen molar-refractivity contribution in [3.8, 4) is 45.7 Å². The molecule has 6 heterocycles. The fourth-order valence-electron chi connectivity index (χ4n) is 5.28. The molecule has 0 aliphatic heterocycles. The number of carbonyl (C=O) groups is 1. The average Bonchev–Trinajstić information content (AvgIpc) is 4.06. The minimum atomic E-state index is -3.07. The molecule has 0 fully saturated rings. The fraction of sp³-hybridized carbons (Fsp3) is 0.300. The Kier molecular flexibility index (Phi) is 8.93. The zero-order chi connectivity index (χ0) is 59.4. The highest BCUT2D eigenvalue weighted by Crippen LogP contribution is 2.31. The number of aliphatic hydroxyl groups excluding tert-OH is 1. The van der Waals surface area contributed by atoms with Gasteiger partial charge < -0.3 is 14.9 Å². The second-order valence-electron chi connectivity index (χ2n) is 11.8. The zero-order valence-corrected chi connectivity index (χ0v) is 31.5. The molecule has 2 N–H and O–H groups in total. The van der Waals surface area contributed by atoms with Gasteiger partial charge in [-0.3, -0.25) is 18.8 Å². The minimum Gasteiger partial charge on any atom is -0.507 e. The lowest BCUT2D eigenvalue weighted by Crippen LogP contribution is -2.09. The van der Waals surface area contributed by atoms with Gasteiger partial charge in [0.25, 0.3) is 0 Å². The minimum absolute atomic E-state index is 0.00324. The highest BCUT2D eigenvalue weighted by Gasteiger charge is 2.22. The van der Waals surface area contributed by atoms with Crippen molar-refractivity contribution in [1.29, 1.82) is 0 Å². The number of hydrogen-bond donors (Lipinski definition) is 2. The van der Waals surface area contributed by atoms with Crippen molar-refractivity contribution in [3.63, 3.8) is 0 Å². The lowest BCUT2D eigenvalue weighted by molar-refractivity contribution is 0.111. The number of benzene rings is 1. The third-order valence-corrected chi connectivity index (χ3v) is 8.21. The molecule has 0 spiro atoms. The average molecular weight is 883 g/mol. The quantitative estimate of drug-likeness (QED) is 0.0690. The van der Waals surface area contributed by atoms with Crippen molar-refractivity contribution in [3.05, 3.63) is 114 Å². The van der Waals surface area contributed by atoms with Crippen LogP contribution in [0.25, 0.3) is 34.2 Å². The van der Waals surface area contributed by atoms with Gasteiger partial charge in [-0.2, -0.15) is 15.3 Å². The maximum Gasteiger partial charge on any atom is 0.170 e. The van der Waals surface area contributed by atoms with Crippen molar-refractivity contribution in [2.45, 2.75) is 78.3 Å². The molecular formula is C40H41ClF4N12O4. The Labute approximate surface area is 377 Å². The summed E-state index contributed by atoms with van der Waals surface area (Å²) < 4.78 is 199. The van der Waals surface area contributed by atoms with E-state index in [9.17, 15) is 32.6 Å². The molecule has 0 saturated heterocycles. The van der Waals surface area contributed by atoms with Crippen molar-refractivity contribution in [1.82, 2.24) is 59.2 Å². The van der Waals surface area contributed by atoms with Gasteiger partial charge in [0.2, 0.25) is 0 Å². The Morgan fingerprint density at radius 3 is 1.54 bits per heavy atom. The lowest BCUT2D eigenvalue weighted by Gasteiger charge is -2.14. The van der Waals surface area contributed by atoms with E-state index in [-0.39, 0.29) is 57.4 Å². The molecule has 0 unspecified atom stereocenters. The van der Waals surface area contributed by atoms with E-state index in [1.54, 1.807) is 0 Å². The van der Waals surface area contributed by atoms with Gasteiger partial charge in [0.05, 0.1) is 42.3 Å². The molecule has 0 amide bonds. The Balaban J connectivity index is 0.000000224. The number of carbonyl (C=O) groups excluding carboxylic acids is 1. The number of hydrogen-bond acceptors (Lipinski definition) is 13. The van der Waals surface area contributed by atoms with Crippen LogP contribution in [0.1, 0.15) is 111 Å². The number of nitrogens with zero attached hydrogens (tertiary/aromatic N) is 12. The van der Waals surface area contributed by atoms with E-state index in [4.69, 9.17) is 41.0 Å². The Bertz CT molecular complexity index is 3080. The first-order chi connectivity index (χ1) is 36.5. The van der Waals surface area contributed by atoms with Gasteiger partial charge in [0.15, 0.2) is 23.7 Å². The molecular weight excluding hydrogens is 824 g/mol. The third kappa shape index (κ3) is 10.4. The molecule has 0 bridgehead atoms. The largest absolute Gasteiger partial charge is 0.507 e. The molecule has 0 aliphatic rings. The first-order valence-corrected chi connectivity index (χ1v) is 17.4. The fourth-order valence-corrected chi connectivity index (χ4v) is 5.48. The van der Waals surface area contributed by atoms with Crippen LogP contribution in [-0.2, 0) is 19.1 Å². The van der Waals surface area contributed by atoms with Crippen molar-refractivity contribution >= 4 is 17.9 Å². The summed E-state index contributed by atoms with van der Waals surface area (Å²) in [6, 6.07) is -4.71. The topological polar surface area (TPSA) is 198 Å². The van der Waals surface area contributed by atoms with Crippen LogP contribution >= 0.6 is 11.6 Å². The van der Waals surface area contributed by atoms with Crippen molar-refractivity contribution in [2.24, 2.45) is 0 Å². The smallest absolute Gasteiger partial charge is 0.170 e. The normalized spacial score (nSPS) is 16.7. The van der Waals surface area contributed by atoms with E-state index in [1.807, 2.05) is 0 Å². The molecule has 320 valence electrons. The SMILES string of the molecule is [2H]C([2H])([2H])C(n1ncc(F)c1-c1ncncc1CCl)C([2H])([2H])[2H].[2H]C([2H])([2H])C(n1ncc(F)c1-c1ncncc1CO)C([2H])([2H])[2H].[2H]C([2H])([2H])C(n1ncc(F)c1-c1ncncc1COc1cc(F)cc(O)c1C=O)C([2H])([2H])[2H]. The number of rotatable bonds is 12. The van der Waals surface area contributed by atoms with E-state index in [0.717, 1.165) is 31.2 Å². The van der Waals surface area contributed by atoms with Crippen LogP contribution in [0.5, 0.6) is 11.5 Å². The van der Waals surface area contributed by atoms with Crippen molar-refractivity contribution < 1.29 is 62.0 Å². The number of aliphatic hydroxyl groups is 1. The first-order valence-electron chi connectivity index (χ1n) is 25.8. The molecule has 7 rings (SSSR count). The van der Waals surface area contributed by atoms with Gasteiger partial charge in [0, 0.05) is 90.2 Å². The van der Waals surface area contributed by atoms with Gasteiger partial charge in [-0.05, 0) is 41.1 Å². The van der Waals surface area contributed by atoms with Crippen LogP contribution in [0.4, 0.5) is 17.6 Å². The Morgan fingerprint density at radius 1 is 0.689 bits per heavy atom. The summed E-state index contributed by atoms with van der Waals surface area (Å²) in [6.45, 7) is -18.9. The van der Waals surface area contributed by atoms with Crippen LogP contribution in [-0.4, -0.2) is 75.7 Å². The van der Waals surface area contributed by atoms with Gasteiger partial charge >= 0.3 is 0 Å². The summed E-state index contributed by atoms with van der Waals surface area (Å²) in [5, 5.41) is 29.8. The monoisotopic (exact) mass is 882 g/mol. The highest BCUT2D eigenvalue weighted by atomic mass is 35.5. The molecule has 61 heavy (non-hydrogen) atoms. The number of aldehydes is 1. The summed E-state index contributed by atoms with van der Waals surface area (Å²) >= 11 is 5.76. The number of phenols is 1. The molecule has 0 saturated carbocycles. The third-order valence-electron chi connectivity index (χ3n) is 7.92. The van der Waals surface area contributed by atoms with E-state index in [1.165, 1.54) is 18.6 Å². The number of aromatic hydroxyl groups is 1. The van der Waals surface area contributed by atoms with E-state index in [2.05, 4.69) is 45.2 Å². The van der Waals surface area contributed by atoms with Crippen LogP contribution < -0.4 is 4.74 Å². The number of ether oxygens (including phenoxy) is 1. The molecule has 0 radical (unpaired) electrons. The molecule has 21 heteroatoms. The maximum atomic E-state index is 14.7. The number of phenolic OH excluding ortho intramolecular Hbond substituents is 1. The van der Waals surface area contributed by atoms with E-state index < -0.39 is 113 Å². The first kappa shape index (κ1) is 26.5. The van der Waals surface area contributed by atoms with Gasteiger partial charge in [0.1, 0.15) is 71.4 Å². The van der Waals surface area contributed by atoms with Crippen LogP contribution in [0.15, 0.2) is 68.3 Å². The van der Waals surface area contributed by atoms with Gasteiger partial charge in [-0.1, -0.05) is 0 Å². The zero-order valence-electron chi connectivity index (χ0n) is 48.7. The second kappa shape index (κ2) is 20.5. The molecule has 6 aromatic heterocycles. The van der Waals surface area contributed by atoms with Crippen LogP contribution in [0, 0.1) is 23.3 Å². The molecule has 7 aromatic rings. The predicted molar refractivity (Wildman–Crippen MR) is 214 cm³/mol. The standard InChI is InChI=1S/C18H16F2N4O3.C11H12ClFN4.C11H13FN4O/c1-10(2)24-18(14(20)6-23-24)17-11(5-21-9-22-17)8-27-16-4-12(19)3-15(26)13(16)7-25;1-7(2)17-11(9(13)5-16-17)10-8(3-12)4-14-6-15-10;1-7(2)16-11(9(12)4-15-16)10-8(5-17)3-13-6-14-10/h3-7,9-10,26H,8H2,1-2H3;4-7H,3H2,1-2H3;3-4,6-7,17H,5H2,1-2H3/i3*1D3,2D3.